The molecule has 0 aromatic heterocycles. The van der Waals surface area contributed by atoms with Crippen molar-refractivity contribution in [2.75, 3.05) is 5.75 Å². The van der Waals surface area contributed by atoms with E-state index in [9.17, 15) is 0 Å². The second-order valence-corrected chi connectivity index (χ2v) is 6.86. The third-order valence-electron chi connectivity index (χ3n) is 4.12. The van der Waals surface area contributed by atoms with Gasteiger partial charge >= 0.3 is 0 Å². The van der Waals surface area contributed by atoms with Crippen molar-refractivity contribution in [2.45, 2.75) is 45.2 Å². The molecule has 3 heteroatoms. The Labute approximate surface area is 120 Å². The molecule has 0 amide bonds. The van der Waals surface area contributed by atoms with Crippen LogP contribution in [-0.2, 0) is 6.42 Å². The van der Waals surface area contributed by atoms with E-state index in [1.807, 2.05) is 11.8 Å². The molecule has 102 valence electrons. The van der Waals surface area contributed by atoms with E-state index in [-0.39, 0.29) is 0 Å². The van der Waals surface area contributed by atoms with E-state index < -0.39 is 0 Å². The number of thioether (sulfide) groups is 1. The van der Waals surface area contributed by atoms with E-state index in [1.54, 1.807) is 0 Å². The Morgan fingerprint density at radius 3 is 2.95 bits per heavy atom. The zero-order valence-electron chi connectivity index (χ0n) is 11.7. The van der Waals surface area contributed by atoms with Crippen LogP contribution in [0, 0.1) is 5.92 Å². The Morgan fingerprint density at radius 2 is 2.16 bits per heavy atom. The Morgan fingerprint density at radius 1 is 1.32 bits per heavy atom. The molecule has 0 spiro atoms. The van der Waals surface area contributed by atoms with Crippen LogP contribution in [0.15, 0.2) is 29.3 Å². The standard InChI is InChI=1S/C16H22N2S/c1-11(2)15-10-19-16(18-15)17-14-9-5-7-12-6-3-4-8-13(12)14/h3-4,6,8,11,14-15H,5,7,9-10H2,1-2H3,(H,17,18). The zero-order chi connectivity index (χ0) is 13.2. The molecule has 2 nitrogen and oxygen atoms in total. The van der Waals surface area contributed by atoms with E-state index in [0.717, 1.165) is 10.9 Å². The van der Waals surface area contributed by atoms with E-state index >= 15 is 0 Å². The number of aryl methyl sites for hydroxylation is 1. The number of hydrogen-bond donors (Lipinski definition) is 1. The number of fused-ring (bicyclic) bond motifs is 1. The fourth-order valence-electron chi connectivity index (χ4n) is 2.85. The van der Waals surface area contributed by atoms with Gasteiger partial charge in [0.15, 0.2) is 5.17 Å². The number of amidine groups is 1. The van der Waals surface area contributed by atoms with Gasteiger partial charge in [-0.25, -0.2) is 0 Å². The largest absolute Gasteiger partial charge is 0.361 e. The predicted molar refractivity (Wildman–Crippen MR) is 83.8 cm³/mol. The van der Waals surface area contributed by atoms with Gasteiger partial charge in [-0.15, -0.1) is 0 Å². The highest BCUT2D eigenvalue weighted by atomic mass is 32.2. The van der Waals surface area contributed by atoms with Crippen molar-refractivity contribution in [3.05, 3.63) is 35.4 Å². The van der Waals surface area contributed by atoms with Gasteiger partial charge in [-0.05, 0) is 36.3 Å². The fraction of sp³-hybridized carbons (Fsp3) is 0.562. The molecule has 1 aliphatic heterocycles. The van der Waals surface area contributed by atoms with Crippen LogP contribution < -0.4 is 5.32 Å². The van der Waals surface area contributed by atoms with Crippen LogP contribution in [0.4, 0.5) is 0 Å². The highest BCUT2D eigenvalue weighted by Gasteiger charge is 2.25. The van der Waals surface area contributed by atoms with Crippen LogP contribution >= 0.6 is 11.8 Å². The predicted octanol–water partition coefficient (Wildman–Crippen LogP) is 3.78. The number of nitrogens with one attached hydrogen (secondary N) is 1. The zero-order valence-corrected chi connectivity index (χ0v) is 12.5. The normalized spacial score (nSPS) is 28.5. The summed E-state index contributed by atoms with van der Waals surface area (Å²) in [5, 5.41) is 4.73. The SMILES string of the molecule is CC(C)C1CSC(=NC2CCCc3ccccc32)N1. The first kappa shape index (κ1) is 13.0. The molecule has 1 aromatic carbocycles. The average molecular weight is 274 g/mol. The van der Waals surface area contributed by atoms with Gasteiger partial charge in [0, 0.05) is 11.8 Å². The number of hydrogen-bond acceptors (Lipinski definition) is 2. The third-order valence-corrected chi connectivity index (χ3v) is 5.15. The molecule has 0 saturated carbocycles. The Bertz CT molecular complexity index is 481. The highest BCUT2D eigenvalue weighted by molar-refractivity contribution is 8.14. The number of aliphatic imine (C=N–C) groups is 1. The summed E-state index contributed by atoms with van der Waals surface area (Å²) >= 11 is 1.89. The van der Waals surface area contributed by atoms with Gasteiger partial charge in [-0.3, -0.25) is 4.99 Å². The fourth-order valence-corrected chi connectivity index (χ4v) is 4.09. The van der Waals surface area contributed by atoms with Crippen LogP contribution in [-0.4, -0.2) is 17.0 Å². The molecular formula is C16H22N2S. The summed E-state index contributed by atoms with van der Waals surface area (Å²) in [6.45, 7) is 4.55. The molecule has 0 radical (unpaired) electrons. The molecule has 0 bridgehead atoms. The minimum Gasteiger partial charge on any atom is -0.361 e. The second-order valence-electron chi connectivity index (χ2n) is 5.85. The summed E-state index contributed by atoms with van der Waals surface area (Å²) in [7, 11) is 0. The minimum atomic E-state index is 0.367. The average Bonchev–Trinajstić information content (AvgIpc) is 2.88. The molecule has 2 atom stereocenters. The van der Waals surface area contributed by atoms with Crippen LogP contribution in [0.3, 0.4) is 0 Å². The van der Waals surface area contributed by atoms with Crippen molar-refractivity contribution in [1.82, 2.24) is 5.32 Å². The number of benzene rings is 1. The van der Waals surface area contributed by atoms with Gasteiger partial charge in [0.05, 0.1) is 6.04 Å². The molecule has 3 rings (SSSR count). The van der Waals surface area contributed by atoms with Crippen molar-refractivity contribution in [3.8, 4) is 0 Å². The summed E-state index contributed by atoms with van der Waals surface area (Å²) in [5.41, 5.74) is 2.93. The van der Waals surface area contributed by atoms with E-state index in [0.29, 0.717) is 18.0 Å². The van der Waals surface area contributed by atoms with Gasteiger partial charge < -0.3 is 5.32 Å². The quantitative estimate of drug-likeness (QED) is 0.887. The Balaban J connectivity index is 1.78. The lowest BCUT2D eigenvalue weighted by atomic mass is 9.88. The first-order valence-electron chi connectivity index (χ1n) is 7.29. The lowest BCUT2D eigenvalue weighted by Crippen LogP contribution is -2.31. The van der Waals surface area contributed by atoms with Crippen LogP contribution in [0.25, 0.3) is 0 Å². The van der Waals surface area contributed by atoms with Crippen molar-refractivity contribution >= 4 is 16.9 Å². The van der Waals surface area contributed by atoms with Crippen molar-refractivity contribution < 1.29 is 0 Å². The van der Waals surface area contributed by atoms with Gasteiger partial charge in [-0.1, -0.05) is 49.9 Å². The first-order chi connectivity index (χ1) is 9.24. The lowest BCUT2D eigenvalue weighted by molar-refractivity contribution is 0.500. The molecule has 2 unspecified atom stereocenters. The highest BCUT2D eigenvalue weighted by Crippen LogP contribution is 2.33. The molecule has 19 heavy (non-hydrogen) atoms. The lowest BCUT2D eigenvalue weighted by Gasteiger charge is -2.23. The van der Waals surface area contributed by atoms with Gasteiger partial charge in [0.2, 0.25) is 0 Å². The van der Waals surface area contributed by atoms with Crippen LogP contribution in [0.2, 0.25) is 0 Å². The van der Waals surface area contributed by atoms with Gasteiger partial charge in [-0.2, -0.15) is 0 Å². The van der Waals surface area contributed by atoms with Gasteiger partial charge in [0.25, 0.3) is 0 Å². The Kier molecular flexibility index (Phi) is 3.83. The summed E-state index contributed by atoms with van der Waals surface area (Å²) in [4.78, 5) is 4.98. The molecule has 1 fully saturated rings. The van der Waals surface area contributed by atoms with Crippen LogP contribution in [0.5, 0.6) is 0 Å². The maximum absolute atomic E-state index is 4.98. The molecule has 2 aliphatic rings. The summed E-state index contributed by atoms with van der Waals surface area (Å²) in [6.07, 6.45) is 3.67. The van der Waals surface area contributed by atoms with E-state index in [4.69, 9.17) is 4.99 Å². The molecule has 1 heterocycles. The molecule has 1 aromatic rings. The topological polar surface area (TPSA) is 24.4 Å². The van der Waals surface area contributed by atoms with Crippen molar-refractivity contribution in [2.24, 2.45) is 10.9 Å². The van der Waals surface area contributed by atoms with Crippen LogP contribution in [0.1, 0.15) is 43.9 Å². The maximum atomic E-state index is 4.98. The maximum Gasteiger partial charge on any atom is 0.157 e. The number of rotatable bonds is 2. The summed E-state index contributed by atoms with van der Waals surface area (Å²) < 4.78 is 0. The summed E-state index contributed by atoms with van der Waals surface area (Å²) in [6, 6.07) is 9.75. The minimum absolute atomic E-state index is 0.367. The molecular weight excluding hydrogens is 252 g/mol. The first-order valence-corrected chi connectivity index (χ1v) is 8.27. The third kappa shape index (κ3) is 2.81. The summed E-state index contributed by atoms with van der Waals surface area (Å²) in [5.74, 6) is 1.84. The molecule has 1 aliphatic carbocycles. The monoisotopic (exact) mass is 274 g/mol. The van der Waals surface area contributed by atoms with E-state index in [2.05, 4.69) is 43.4 Å². The van der Waals surface area contributed by atoms with Crippen molar-refractivity contribution in [3.63, 3.8) is 0 Å². The molecule has 1 saturated heterocycles. The van der Waals surface area contributed by atoms with E-state index in [1.165, 1.54) is 30.4 Å². The Hall–Kier alpha value is -0.960. The molecule has 1 N–H and O–H groups in total. The smallest absolute Gasteiger partial charge is 0.157 e. The van der Waals surface area contributed by atoms with Crippen molar-refractivity contribution in [1.29, 1.82) is 0 Å². The number of nitrogens with zero attached hydrogens (tertiary/aromatic N) is 1. The van der Waals surface area contributed by atoms with Gasteiger partial charge in [0.1, 0.15) is 0 Å². The second kappa shape index (κ2) is 5.58.